The van der Waals surface area contributed by atoms with Crippen molar-refractivity contribution in [2.24, 2.45) is 5.92 Å². The van der Waals surface area contributed by atoms with Crippen molar-refractivity contribution >= 4 is 5.78 Å². The lowest BCUT2D eigenvalue weighted by Gasteiger charge is -2.09. The molecule has 1 aliphatic carbocycles. The lowest BCUT2D eigenvalue weighted by Crippen LogP contribution is -2.09. The molecule has 1 aliphatic rings. The second kappa shape index (κ2) is 4.77. The van der Waals surface area contributed by atoms with Crippen molar-refractivity contribution in [3.63, 3.8) is 0 Å². The fraction of sp³-hybridized carbons (Fsp3) is 0.500. The fourth-order valence-electron chi connectivity index (χ4n) is 2.31. The number of ketones is 1. The molecule has 0 spiro atoms. The number of rotatable bonds is 3. The molecule has 2 rings (SSSR count). The predicted molar refractivity (Wildman–Crippen MR) is 62.0 cm³/mol. The van der Waals surface area contributed by atoms with Crippen molar-refractivity contribution in [3.8, 4) is 0 Å². The second-order valence-electron chi connectivity index (χ2n) is 4.62. The van der Waals surface area contributed by atoms with Crippen LogP contribution >= 0.6 is 0 Å². The van der Waals surface area contributed by atoms with E-state index in [1.54, 1.807) is 0 Å². The van der Waals surface area contributed by atoms with Gasteiger partial charge in [-0.25, -0.2) is 4.39 Å². The summed E-state index contributed by atoms with van der Waals surface area (Å²) in [5.41, 5.74) is 1.85. The lowest BCUT2D eigenvalue weighted by atomic mass is 9.96. The van der Waals surface area contributed by atoms with Crippen molar-refractivity contribution in [3.05, 3.63) is 35.4 Å². The minimum absolute atomic E-state index is 0.202. The molecule has 1 saturated carbocycles. The van der Waals surface area contributed by atoms with Gasteiger partial charge in [0.1, 0.15) is 12.0 Å². The quantitative estimate of drug-likeness (QED) is 0.760. The average Bonchev–Trinajstić information content (AvgIpc) is 2.65. The molecule has 2 atom stereocenters. The van der Waals surface area contributed by atoms with E-state index in [0.717, 1.165) is 31.2 Å². The number of hydrogen-bond donors (Lipinski definition) is 0. The van der Waals surface area contributed by atoms with Crippen LogP contribution in [0.2, 0.25) is 0 Å². The Morgan fingerprint density at radius 2 is 2.06 bits per heavy atom. The van der Waals surface area contributed by atoms with E-state index >= 15 is 0 Å². The molecular weight excluding hydrogens is 203 g/mol. The third kappa shape index (κ3) is 2.49. The van der Waals surface area contributed by atoms with Gasteiger partial charge in [-0.05, 0) is 37.3 Å². The molecule has 2 unspecified atom stereocenters. The van der Waals surface area contributed by atoms with Crippen molar-refractivity contribution < 1.29 is 9.18 Å². The van der Waals surface area contributed by atoms with Gasteiger partial charge in [-0.2, -0.15) is 0 Å². The van der Waals surface area contributed by atoms with Crippen LogP contribution in [0.5, 0.6) is 0 Å². The van der Waals surface area contributed by atoms with Gasteiger partial charge in [0.25, 0.3) is 0 Å². The highest BCUT2D eigenvalue weighted by Crippen LogP contribution is 2.25. The summed E-state index contributed by atoms with van der Waals surface area (Å²) < 4.78 is 13.0. The van der Waals surface area contributed by atoms with Crippen molar-refractivity contribution in [2.75, 3.05) is 0 Å². The van der Waals surface area contributed by atoms with Crippen molar-refractivity contribution in [1.82, 2.24) is 0 Å². The number of Topliss-reactive ketones (excluding diaryl/α,β-unsaturated/α-hetero) is 1. The first-order chi connectivity index (χ1) is 7.66. The Labute approximate surface area is 95.7 Å². The molecule has 1 fully saturated rings. The largest absolute Gasteiger partial charge is 0.299 e. The highest BCUT2D eigenvalue weighted by Gasteiger charge is 2.24. The van der Waals surface area contributed by atoms with Crippen LogP contribution in [0.4, 0.5) is 4.39 Å². The van der Waals surface area contributed by atoms with Crippen LogP contribution in [0.25, 0.3) is 0 Å². The number of alkyl halides is 1. The van der Waals surface area contributed by atoms with Gasteiger partial charge in [-0.3, -0.25) is 4.79 Å². The first kappa shape index (κ1) is 11.3. The first-order valence-corrected chi connectivity index (χ1v) is 5.92. The van der Waals surface area contributed by atoms with Crippen molar-refractivity contribution in [2.45, 2.75) is 38.8 Å². The Hall–Kier alpha value is -1.18. The van der Waals surface area contributed by atoms with E-state index in [1.807, 2.05) is 24.3 Å². The highest BCUT2D eigenvalue weighted by molar-refractivity contribution is 5.83. The zero-order valence-electron chi connectivity index (χ0n) is 9.58. The maximum atomic E-state index is 13.0. The van der Waals surface area contributed by atoms with Crippen molar-refractivity contribution in [1.29, 1.82) is 0 Å². The smallest absolute Gasteiger partial charge is 0.136 e. The molecule has 0 bridgehead atoms. The molecular formula is C14H17FO. The Kier molecular flexibility index (Phi) is 3.37. The van der Waals surface area contributed by atoms with E-state index in [0.29, 0.717) is 11.3 Å². The van der Waals surface area contributed by atoms with Gasteiger partial charge in [0.2, 0.25) is 0 Å². The summed E-state index contributed by atoms with van der Waals surface area (Å²) in [5, 5.41) is 0. The number of carbonyl (C=O) groups is 1. The first-order valence-electron chi connectivity index (χ1n) is 5.92. The van der Waals surface area contributed by atoms with E-state index in [-0.39, 0.29) is 5.92 Å². The molecule has 0 heterocycles. The summed E-state index contributed by atoms with van der Waals surface area (Å²) in [6.07, 6.45) is 2.69. The molecule has 1 aromatic rings. The molecule has 0 aliphatic heterocycles. The molecule has 0 N–H and O–H groups in total. The van der Waals surface area contributed by atoms with E-state index in [9.17, 15) is 9.18 Å². The van der Waals surface area contributed by atoms with Gasteiger partial charge >= 0.3 is 0 Å². The van der Waals surface area contributed by atoms with Gasteiger partial charge < -0.3 is 0 Å². The lowest BCUT2D eigenvalue weighted by molar-refractivity contribution is -0.120. The minimum Gasteiger partial charge on any atom is -0.299 e. The molecule has 1 aromatic carbocycles. The number of benzene rings is 1. The maximum Gasteiger partial charge on any atom is 0.136 e. The summed E-state index contributed by atoms with van der Waals surface area (Å²) in [7, 11) is 0. The predicted octanol–water partition coefficient (Wildman–Crippen LogP) is 3.63. The Morgan fingerprint density at radius 3 is 2.56 bits per heavy atom. The van der Waals surface area contributed by atoms with E-state index in [2.05, 4.69) is 0 Å². The Bertz CT molecular complexity index is 367. The van der Waals surface area contributed by atoms with Crippen LogP contribution < -0.4 is 0 Å². The number of carbonyl (C=O) groups excluding carboxylic acids is 1. The van der Waals surface area contributed by atoms with E-state index < -0.39 is 6.17 Å². The zero-order valence-corrected chi connectivity index (χ0v) is 9.58. The fourth-order valence-corrected chi connectivity index (χ4v) is 2.31. The highest BCUT2D eigenvalue weighted by atomic mass is 19.1. The van der Waals surface area contributed by atoms with Crippen LogP contribution in [-0.4, -0.2) is 5.78 Å². The summed E-state index contributed by atoms with van der Waals surface area (Å²) >= 11 is 0. The summed E-state index contributed by atoms with van der Waals surface area (Å²) in [5.74, 6) is 0.594. The third-order valence-electron chi connectivity index (χ3n) is 3.35. The standard InChI is InChI=1S/C14H17FO/c1-10(15)12-7-5-11(6-8-12)9-13-3-2-4-14(13)16/h5-8,10,13H,2-4,9H2,1H3. The summed E-state index contributed by atoms with van der Waals surface area (Å²) in [6.45, 7) is 1.54. The Morgan fingerprint density at radius 1 is 1.38 bits per heavy atom. The monoisotopic (exact) mass is 220 g/mol. The van der Waals surface area contributed by atoms with Gasteiger partial charge in [0, 0.05) is 12.3 Å². The third-order valence-corrected chi connectivity index (χ3v) is 3.35. The van der Waals surface area contributed by atoms with Crippen LogP contribution in [0, 0.1) is 5.92 Å². The summed E-state index contributed by atoms with van der Waals surface area (Å²) in [6, 6.07) is 7.52. The molecule has 0 saturated heterocycles. The van der Waals surface area contributed by atoms with E-state index in [4.69, 9.17) is 0 Å². The molecule has 2 heteroatoms. The Balaban J connectivity index is 2.02. The average molecular weight is 220 g/mol. The van der Waals surface area contributed by atoms with Gasteiger partial charge in [-0.1, -0.05) is 24.3 Å². The maximum absolute atomic E-state index is 13.0. The van der Waals surface area contributed by atoms with Gasteiger partial charge in [0.05, 0.1) is 0 Å². The number of hydrogen-bond acceptors (Lipinski definition) is 1. The van der Waals surface area contributed by atoms with Crippen LogP contribution in [0.3, 0.4) is 0 Å². The topological polar surface area (TPSA) is 17.1 Å². The van der Waals surface area contributed by atoms with Gasteiger partial charge in [-0.15, -0.1) is 0 Å². The molecule has 86 valence electrons. The van der Waals surface area contributed by atoms with Crippen LogP contribution in [0.1, 0.15) is 43.5 Å². The van der Waals surface area contributed by atoms with Crippen LogP contribution in [0.15, 0.2) is 24.3 Å². The minimum atomic E-state index is -0.915. The molecule has 0 aromatic heterocycles. The second-order valence-corrected chi connectivity index (χ2v) is 4.62. The number of halogens is 1. The van der Waals surface area contributed by atoms with Crippen LogP contribution in [-0.2, 0) is 11.2 Å². The van der Waals surface area contributed by atoms with E-state index in [1.165, 1.54) is 6.92 Å². The van der Waals surface area contributed by atoms with Gasteiger partial charge in [0.15, 0.2) is 0 Å². The zero-order chi connectivity index (χ0) is 11.5. The molecule has 1 nitrogen and oxygen atoms in total. The molecule has 0 radical (unpaired) electrons. The molecule has 16 heavy (non-hydrogen) atoms. The molecule has 0 amide bonds. The normalized spacial score (nSPS) is 22.4. The summed E-state index contributed by atoms with van der Waals surface area (Å²) in [4.78, 5) is 11.5. The SMILES string of the molecule is CC(F)c1ccc(CC2CCCC2=O)cc1.